The van der Waals surface area contributed by atoms with Crippen molar-refractivity contribution in [2.75, 3.05) is 0 Å². The summed E-state index contributed by atoms with van der Waals surface area (Å²) in [5, 5.41) is 13.9. The third-order valence-corrected chi connectivity index (χ3v) is 4.95. The van der Waals surface area contributed by atoms with E-state index in [0.29, 0.717) is 5.92 Å². The average Bonchev–Trinajstić information content (AvgIpc) is 2.89. The molecule has 0 bridgehead atoms. The largest absolute Gasteiger partial charge is 0.457 e. The normalized spacial score (nSPS) is 22.3. The van der Waals surface area contributed by atoms with Crippen molar-refractivity contribution in [3.63, 3.8) is 0 Å². The van der Waals surface area contributed by atoms with E-state index in [1.807, 2.05) is 24.3 Å². The van der Waals surface area contributed by atoms with E-state index in [1.165, 1.54) is 11.1 Å². The molecule has 0 radical (unpaired) electrons. The van der Waals surface area contributed by atoms with Gasteiger partial charge in [-0.1, -0.05) is 29.8 Å². The third-order valence-electron chi connectivity index (χ3n) is 4.95. The zero-order chi connectivity index (χ0) is 18.7. The highest BCUT2D eigenvalue weighted by atomic mass is 35.5. The lowest BCUT2D eigenvalue weighted by atomic mass is 9.97. The lowest BCUT2D eigenvalue weighted by Crippen LogP contribution is -2.47. The van der Waals surface area contributed by atoms with E-state index in [-0.39, 0.29) is 30.1 Å². The van der Waals surface area contributed by atoms with Gasteiger partial charge in [-0.3, -0.25) is 0 Å². The standard InChI is InChI=1S/C23H31NO2.ClH/c1-16-5-9-19(10-6-16)26-20-11-7-17(8-12-20)13-18-14-21(22(25)15-18)24-23(2,3)4;/h5-12,18,21-22,24-25H,13-15H2,1-4H3;1H. The molecule has 4 heteroatoms. The van der Waals surface area contributed by atoms with Gasteiger partial charge in [0.1, 0.15) is 11.5 Å². The molecule has 3 rings (SSSR count). The monoisotopic (exact) mass is 389 g/mol. The van der Waals surface area contributed by atoms with Gasteiger partial charge in [-0.25, -0.2) is 0 Å². The van der Waals surface area contributed by atoms with Gasteiger partial charge in [0.2, 0.25) is 0 Å². The summed E-state index contributed by atoms with van der Waals surface area (Å²) in [5.74, 6) is 2.24. The number of aliphatic hydroxyl groups excluding tert-OH is 1. The molecule has 0 spiro atoms. The summed E-state index contributed by atoms with van der Waals surface area (Å²) in [6.45, 7) is 8.53. The number of aliphatic hydroxyl groups is 1. The van der Waals surface area contributed by atoms with E-state index < -0.39 is 0 Å². The van der Waals surface area contributed by atoms with Crippen molar-refractivity contribution >= 4 is 12.4 Å². The van der Waals surface area contributed by atoms with Crippen LogP contribution in [0.1, 0.15) is 44.7 Å². The Kier molecular flexibility index (Phi) is 7.32. The molecule has 1 aliphatic rings. The van der Waals surface area contributed by atoms with Crippen molar-refractivity contribution in [3.05, 3.63) is 59.7 Å². The van der Waals surface area contributed by atoms with Crippen LogP contribution < -0.4 is 10.1 Å². The van der Waals surface area contributed by atoms with Crippen LogP contribution in [0, 0.1) is 12.8 Å². The maximum Gasteiger partial charge on any atom is 0.127 e. The predicted octanol–water partition coefficient (Wildman–Crippen LogP) is 5.28. The van der Waals surface area contributed by atoms with Crippen molar-refractivity contribution in [1.82, 2.24) is 5.32 Å². The van der Waals surface area contributed by atoms with E-state index in [2.05, 4.69) is 57.3 Å². The molecule has 2 aromatic carbocycles. The Hall–Kier alpha value is -1.55. The minimum absolute atomic E-state index is 0. The van der Waals surface area contributed by atoms with Crippen LogP contribution in [0.3, 0.4) is 0 Å². The van der Waals surface area contributed by atoms with Gasteiger partial charge >= 0.3 is 0 Å². The minimum atomic E-state index is -0.247. The fraction of sp³-hybridized carbons (Fsp3) is 0.478. The highest BCUT2D eigenvalue weighted by molar-refractivity contribution is 5.85. The molecule has 0 saturated heterocycles. The number of hydrogen-bond donors (Lipinski definition) is 2. The second kappa shape index (κ2) is 9.09. The summed E-state index contributed by atoms with van der Waals surface area (Å²) in [7, 11) is 0. The fourth-order valence-corrected chi connectivity index (χ4v) is 3.77. The van der Waals surface area contributed by atoms with Crippen LogP contribution in [0.4, 0.5) is 0 Å². The molecule has 3 unspecified atom stereocenters. The molecular weight excluding hydrogens is 358 g/mol. The first-order valence-corrected chi connectivity index (χ1v) is 9.58. The average molecular weight is 390 g/mol. The summed E-state index contributed by atoms with van der Waals surface area (Å²) < 4.78 is 5.90. The highest BCUT2D eigenvalue weighted by Gasteiger charge is 2.34. The van der Waals surface area contributed by atoms with Gasteiger partial charge in [-0.2, -0.15) is 0 Å². The molecule has 1 saturated carbocycles. The number of halogens is 1. The Balaban J connectivity index is 0.00000261. The quantitative estimate of drug-likeness (QED) is 0.731. The van der Waals surface area contributed by atoms with E-state index >= 15 is 0 Å². The molecular formula is C23H32ClNO2. The van der Waals surface area contributed by atoms with Gasteiger partial charge in [-0.05, 0) is 82.7 Å². The molecule has 2 N–H and O–H groups in total. The third kappa shape index (κ3) is 6.53. The Morgan fingerprint density at radius 2 is 1.52 bits per heavy atom. The first kappa shape index (κ1) is 21.7. The molecule has 2 aromatic rings. The molecule has 0 aliphatic heterocycles. The van der Waals surface area contributed by atoms with Crippen LogP contribution in [0.25, 0.3) is 0 Å². The van der Waals surface area contributed by atoms with Gasteiger partial charge in [0, 0.05) is 11.6 Å². The van der Waals surface area contributed by atoms with E-state index in [1.54, 1.807) is 0 Å². The topological polar surface area (TPSA) is 41.5 Å². The maximum absolute atomic E-state index is 10.3. The van der Waals surface area contributed by atoms with E-state index in [0.717, 1.165) is 30.8 Å². The molecule has 3 nitrogen and oxygen atoms in total. The Bertz CT molecular complexity index is 707. The van der Waals surface area contributed by atoms with Crippen molar-refractivity contribution in [2.45, 2.75) is 64.6 Å². The molecule has 148 valence electrons. The Morgan fingerprint density at radius 1 is 0.963 bits per heavy atom. The summed E-state index contributed by atoms with van der Waals surface area (Å²) >= 11 is 0. The lowest BCUT2D eigenvalue weighted by molar-refractivity contribution is 0.133. The highest BCUT2D eigenvalue weighted by Crippen LogP contribution is 2.31. The van der Waals surface area contributed by atoms with Crippen LogP contribution in [0.15, 0.2) is 48.5 Å². The number of aryl methyl sites for hydroxylation is 1. The maximum atomic E-state index is 10.3. The first-order valence-electron chi connectivity index (χ1n) is 9.58. The molecule has 1 aliphatic carbocycles. The molecule has 0 aromatic heterocycles. The van der Waals surface area contributed by atoms with E-state index in [4.69, 9.17) is 4.74 Å². The predicted molar refractivity (Wildman–Crippen MR) is 114 cm³/mol. The van der Waals surface area contributed by atoms with Gasteiger partial charge in [0.15, 0.2) is 0 Å². The smallest absolute Gasteiger partial charge is 0.127 e. The summed E-state index contributed by atoms with van der Waals surface area (Å²) in [4.78, 5) is 0. The molecule has 3 atom stereocenters. The number of rotatable bonds is 5. The lowest BCUT2D eigenvalue weighted by Gasteiger charge is -2.27. The fourth-order valence-electron chi connectivity index (χ4n) is 3.77. The number of benzene rings is 2. The van der Waals surface area contributed by atoms with Crippen LogP contribution in [0.2, 0.25) is 0 Å². The molecule has 0 heterocycles. The van der Waals surface area contributed by atoms with Crippen molar-refractivity contribution in [2.24, 2.45) is 5.92 Å². The Morgan fingerprint density at radius 3 is 2.07 bits per heavy atom. The van der Waals surface area contributed by atoms with Gasteiger partial charge in [0.25, 0.3) is 0 Å². The van der Waals surface area contributed by atoms with Crippen molar-refractivity contribution < 1.29 is 9.84 Å². The number of ether oxygens (including phenoxy) is 1. The second-order valence-electron chi connectivity index (χ2n) is 8.67. The minimum Gasteiger partial charge on any atom is -0.457 e. The zero-order valence-electron chi connectivity index (χ0n) is 16.7. The summed E-state index contributed by atoms with van der Waals surface area (Å²) in [5.41, 5.74) is 2.57. The zero-order valence-corrected chi connectivity index (χ0v) is 17.6. The van der Waals surface area contributed by atoms with Gasteiger partial charge in [0.05, 0.1) is 6.10 Å². The molecule has 27 heavy (non-hydrogen) atoms. The van der Waals surface area contributed by atoms with Gasteiger partial charge < -0.3 is 15.2 Å². The summed E-state index contributed by atoms with van der Waals surface area (Å²) in [6, 6.07) is 16.6. The van der Waals surface area contributed by atoms with Crippen LogP contribution >= 0.6 is 12.4 Å². The van der Waals surface area contributed by atoms with Crippen LogP contribution in [0.5, 0.6) is 11.5 Å². The van der Waals surface area contributed by atoms with E-state index in [9.17, 15) is 5.11 Å². The summed E-state index contributed by atoms with van der Waals surface area (Å²) in [6.07, 6.45) is 2.66. The SMILES string of the molecule is Cc1ccc(Oc2ccc(CC3CC(O)C(NC(C)(C)C)C3)cc2)cc1.Cl. The molecule has 1 fully saturated rings. The first-order chi connectivity index (χ1) is 12.3. The van der Waals surface area contributed by atoms with Crippen molar-refractivity contribution in [1.29, 1.82) is 0 Å². The second-order valence-corrected chi connectivity index (χ2v) is 8.67. The number of nitrogens with one attached hydrogen (secondary N) is 1. The molecule has 0 amide bonds. The van der Waals surface area contributed by atoms with Gasteiger partial charge in [-0.15, -0.1) is 12.4 Å². The number of hydrogen-bond acceptors (Lipinski definition) is 3. The van der Waals surface area contributed by atoms with Crippen LogP contribution in [-0.2, 0) is 6.42 Å². The van der Waals surface area contributed by atoms with Crippen molar-refractivity contribution in [3.8, 4) is 11.5 Å². The Labute approximate surface area is 169 Å². The van der Waals surface area contributed by atoms with Crippen LogP contribution in [-0.4, -0.2) is 22.8 Å².